The van der Waals surface area contributed by atoms with E-state index < -0.39 is 106 Å². The average Bonchev–Trinajstić information content (AvgIpc) is 2.89. The van der Waals surface area contributed by atoms with E-state index in [-0.39, 0.29) is 68.2 Å². The van der Waals surface area contributed by atoms with E-state index in [0.29, 0.717) is 0 Å². The van der Waals surface area contributed by atoms with Gasteiger partial charge in [-0.3, -0.25) is 9.59 Å². The quantitative estimate of drug-likeness (QED) is 0.122. The third-order valence-electron chi connectivity index (χ3n) is 10.4. The molecule has 0 spiro atoms. The van der Waals surface area contributed by atoms with Gasteiger partial charge in [0.15, 0.2) is 11.9 Å². The van der Waals surface area contributed by atoms with Crippen LogP contribution in [0, 0.1) is 60.8 Å². The van der Waals surface area contributed by atoms with Gasteiger partial charge in [0.05, 0.1) is 30.3 Å². The Hall–Kier alpha value is -1.18. The van der Waals surface area contributed by atoms with Crippen molar-refractivity contribution in [1.29, 1.82) is 0 Å². The van der Waals surface area contributed by atoms with E-state index in [2.05, 4.69) is 5.32 Å². The van der Waals surface area contributed by atoms with Gasteiger partial charge in [0.2, 0.25) is 0 Å². The fraction of sp³-hybridized carbons (Fsp3) is 0.806. The molecule has 2 bridgehead atoms. The SMILES string of the molecule is CC(=O)O[C@H]1[C@@H]2[C@]3(O)CO[C@@H]3C[C@H](O)[C@@]2(C)C(=O)[C@H](O)C2=C(C)[C@@H](OC(=O)[C@H](O)[C@H](C)NC(=O)OC(C)(C)C)C[C@]1(O)C2(C)C.[Ac]. The molecule has 0 aromatic carbocycles. The summed E-state index contributed by atoms with van der Waals surface area (Å²) >= 11 is 0. The molecule has 0 unspecified atom stereocenters. The first-order valence-corrected chi connectivity index (χ1v) is 15.2. The number of fused-ring (bicyclic) bond motifs is 5. The van der Waals surface area contributed by atoms with Crippen LogP contribution in [-0.2, 0) is 33.3 Å². The number of aliphatic hydroxyl groups is 5. The molecule has 1 amide bonds. The molecule has 14 nitrogen and oxygen atoms in total. The summed E-state index contributed by atoms with van der Waals surface area (Å²) in [6.45, 7) is 13.1. The van der Waals surface area contributed by atoms with Crippen LogP contribution >= 0.6 is 0 Å². The minimum atomic E-state index is -2.20. The number of ether oxygens (including phenoxy) is 4. The van der Waals surface area contributed by atoms with Gasteiger partial charge < -0.3 is 49.8 Å². The predicted molar refractivity (Wildman–Crippen MR) is 154 cm³/mol. The smallest absolute Gasteiger partial charge is 0.407 e. The van der Waals surface area contributed by atoms with Gasteiger partial charge in [0.1, 0.15) is 35.1 Å². The number of aliphatic hydroxyl groups excluding tert-OH is 3. The van der Waals surface area contributed by atoms with E-state index >= 15 is 0 Å². The van der Waals surface area contributed by atoms with Crippen molar-refractivity contribution in [2.75, 3.05) is 6.61 Å². The minimum absolute atomic E-state index is 0. The molecule has 6 N–H and O–H groups in total. The maximum Gasteiger partial charge on any atom is 0.407 e. The van der Waals surface area contributed by atoms with Gasteiger partial charge in [-0.2, -0.15) is 0 Å². The van der Waals surface area contributed by atoms with Crippen molar-refractivity contribution in [3.63, 3.8) is 0 Å². The first-order chi connectivity index (χ1) is 20.4. The van der Waals surface area contributed by atoms with Crippen molar-refractivity contribution in [3.05, 3.63) is 11.1 Å². The zero-order chi connectivity index (χ0) is 34.2. The van der Waals surface area contributed by atoms with Crippen molar-refractivity contribution in [1.82, 2.24) is 5.32 Å². The van der Waals surface area contributed by atoms with Crippen molar-refractivity contribution >= 4 is 23.8 Å². The van der Waals surface area contributed by atoms with Crippen molar-refractivity contribution < 1.29 is 108 Å². The molecule has 257 valence electrons. The molecule has 3 aliphatic carbocycles. The van der Waals surface area contributed by atoms with Gasteiger partial charge >= 0.3 is 18.0 Å². The summed E-state index contributed by atoms with van der Waals surface area (Å²) in [5, 5.41) is 60.7. The van der Waals surface area contributed by atoms with Crippen LogP contribution in [0.3, 0.4) is 0 Å². The van der Waals surface area contributed by atoms with Gasteiger partial charge in [-0.1, -0.05) is 13.8 Å². The number of Topliss-reactive ketones (excluding diaryl/α,β-unsaturated/α-hetero) is 1. The molecule has 1 radical (unpaired) electrons. The Bertz CT molecular complexity index is 1300. The van der Waals surface area contributed by atoms with Crippen molar-refractivity contribution in [3.8, 4) is 0 Å². The third-order valence-corrected chi connectivity index (χ3v) is 10.4. The van der Waals surface area contributed by atoms with E-state index in [1.165, 1.54) is 20.8 Å². The molecule has 0 aromatic heterocycles. The van der Waals surface area contributed by atoms with Crippen LogP contribution in [0.1, 0.15) is 75.2 Å². The Morgan fingerprint density at radius 1 is 1.09 bits per heavy atom. The molecule has 4 aliphatic rings. The number of alkyl carbamates (subject to hydrolysis) is 1. The van der Waals surface area contributed by atoms with Crippen molar-refractivity contribution in [2.45, 2.75) is 135 Å². The fourth-order valence-corrected chi connectivity index (χ4v) is 7.78. The Balaban J connectivity index is 0.00000576. The molecule has 15 heteroatoms. The Morgan fingerprint density at radius 3 is 2.17 bits per heavy atom. The first-order valence-electron chi connectivity index (χ1n) is 15.2. The molecular formula is C31H47AcNO13. The molecule has 1 heterocycles. The number of nitrogens with one attached hydrogen (secondary N) is 1. The van der Waals surface area contributed by atoms with Gasteiger partial charge in [-0.25, -0.2) is 9.59 Å². The van der Waals surface area contributed by atoms with Crippen LogP contribution in [0.5, 0.6) is 0 Å². The topological polar surface area (TPSA) is 218 Å². The van der Waals surface area contributed by atoms with E-state index in [4.69, 9.17) is 18.9 Å². The summed E-state index contributed by atoms with van der Waals surface area (Å²) in [6.07, 6.45) is -10.7. The summed E-state index contributed by atoms with van der Waals surface area (Å²) in [6, 6.07) is -1.16. The maximum absolute atomic E-state index is 14.3. The van der Waals surface area contributed by atoms with E-state index in [0.717, 1.165) is 6.92 Å². The molecule has 1 aliphatic heterocycles. The monoisotopic (exact) mass is 868 g/mol. The third kappa shape index (κ3) is 6.21. The van der Waals surface area contributed by atoms with Crippen molar-refractivity contribution in [2.24, 2.45) is 16.7 Å². The van der Waals surface area contributed by atoms with Crippen LogP contribution in [0.15, 0.2) is 11.1 Å². The number of esters is 2. The normalized spacial score (nSPS) is 39.5. The Labute approximate surface area is 304 Å². The number of hydrogen-bond acceptors (Lipinski definition) is 13. The average molecular weight is 869 g/mol. The maximum atomic E-state index is 14.3. The second-order valence-electron chi connectivity index (χ2n) is 14.8. The second-order valence-corrected chi connectivity index (χ2v) is 14.8. The molecule has 11 atom stereocenters. The van der Waals surface area contributed by atoms with Crippen LogP contribution in [0.25, 0.3) is 0 Å². The number of hydrogen-bond donors (Lipinski definition) is 6. The van der Waals surface area contributed by atoms with Gasteiger partial charge in [0.25, 0.3) is 0 Å². The van der Waals surface area contributed by atoms with Crippen LogP contribution < -0.4 is 5.32 Å². The molecule has 0 aromatic rings. The molecular weight excluding hydrogens is 821 g/mol. The molecule has 46 heavy (non-hydrogen) atoms. The van der Waals surface area contributed by atoms with Crippen LogP contribution in [0.4, 0.5) is 4.79 Å². The molecule has 1 saturated heterocycles. The molecule has 3 fully saturated rings. The molecule has 4 rings (SSSR count). The summed E-state index contributed by atoms with van der Waals surface area (Å²) in [4.78, 5) is 52.3. The molecule has 2 saturated carbocycles. The largest absolute Gasteiger partial charge is 0.459 e. The number of amides is 1. The van der Waals surface area contributed by atoms with E-state index in [1.54, 1.807) is 34.6 Å². The van der Waals surface area contributed by atoms with E-state index in [1.807, 2.05) is 0 Å². The van der Waals surface area contributed by atoms with Crippen LogP contribution in [0.2, 0.25) is 0 Å². The van der Waals surface area contributed by atoms with Gasteiger partial charge in [-0.15, -0.1) is 0 Å². The second kappa shape index (κ2) is 12.9. The number of rotatable bonds is 5. The zero-order valence-electron chi connectivity index (χ0n) is 27.8. The summed E-state index contributed by atoms with van der Waals surface area (Å²) in [5.74, 6) is -4.35. The van der Waals surface area contributed by atoms with Crippen LogP contribution in [-0.4, -0.2) is 115 Å². The number of carbonyl (C=O) groups is 4. The summed E-state index contributed by atoms with van der Waals surface area (Å²) < 4.78 is 22.1. The van der Waals surface area contributed by atoms with Gasteiger partial charge in [0, 0.05) is 75.2 Å². The number of carbonyl (C=O) groups excluding carboxylic acids is 4. The number of ketones is 1. The Morgan fingerprint density at radius 2 is 1.67 bits per heavy atom. The zero-order valence-corrected chi connectivity index (χ0v) is 32.6. The fourth-order valence-electron chi connectivity index (χ4n) is 7.78. The van der Waals surface area contributed by atoms with Gasteiger partial charge in [-0.05, 0) is 52.7 Å². The first kappa shape index (κ1) is 39.3. The minimum Gasteiger partial charge on any atom is -0.459 e. The predicted octanol–water partition coefficient (Wildman–Crippen LogP) is 0.0421. The Kier molecular flexibility index (Phi) is 11.0. The summed E-state index contributed by atoms with van der Waals surface area (Å²) in [7, 11) is 0. The summed E-state index contributed by atoms with van der Waals surface area (Å²) in [5.41, 5.74) is -8.09. The van der Waals surface area contributed by atoms with E-state index in [9.17, 15) is 44.7 Å². The standard InChI is InChI=1S/C31H47NO13.Ac/c1-13-16(44-25(38)20(35)14(2)32-26(39)45-27(4,5)6)11-31(41)24(43-15(3)33)22-29(9,17(34)10-18-30(22,40)12-42-18)23(37)21(36)19(13)28(31,7)8;/h14,16-18,20-22,24,34-36,40-41H,10-12H2,1-9H3,(H,32,39);/t14-,16-,17-,18+,20+,21+,22-,24-,29+,30-,31+;/m0./s1.